The maximum Gasteiger partial charge on any atom is 0.500 e. The molecule has 2 unspecified atom stereocenters. The minimum Gasteiger partial charge on any atom is -0.377 e. The highest BCUT2D eigenvalue weighted by Crippen LogP contribution is 2.19. The summed E-state index contributed by atoms with van der Waals surface area (Å²) in [6.07, 6.45) is 0.871. The van der Waals surface area contributed by atoms with Gasteiger partial charge in [0.05, 0.1) is 0 Å². The van der Waals surface area contributed by atoms with Crippen molar-refractivity contribution in [3.05, 3.63) is 0 Å². The van der Waals surface area contributed by atoms with Crippen LogP contribution in [0.5, 0.6) is 0 Å². The van der Waals surface area contributed by atoms with Crippen LogP contribution < -0.4 is 11.5 Å². The summed E-state index contributed by atoms with van der Waals surface area (Å²) in [7, 11) is 2.39. The van der Waals surface area contributed by atoms with Crippen LogP contribution in [0.2, 0.25) is 6.04 Å². The third-order valence-electron chi connectivity index (χ3n) is 2.80. The van der Waals surface area contributed by atoms with Gasteiger partial charge in [-0.2, -0.15) is 0 Å². The van der Waals surface area contributed by atoms with E-state index < -0.39 is 8.80 Å². The molecule has 0 radical (unpaired) electrons. The number of hydrogen-bond acceptors (Lipinski definition) is 5. The van der Waals surface area contributed by atoms with Gasteiger partial charge >= 0.3 is 8.80 Å². The van der Waals surface area contributed by atoms with Crippen molar-refractivity contribution in [1.29, 1.82) is 0 Å². The van der Waals surface area contributed by atoms with Crippen molar-refractivity contribution in [2.75, 3.05) is 27.9 Å². The molecule has 15 heavy (non-hydrogen) atoms. The summed E-state index contributed by atoms with van der Waals surface area (Å²) in [5.41, 5.74) is 11.5. The quantitative estimate of drug-likeness (QED) is 0.588. The van der Waals surface area contributed by atoms with E-state index in [0.717, 1.165) is 12.5 Å². The highest BCUT2D eigenvalue weighted by Gasteiger charge is 2.38. The molecule has 0 fully saturated rings. The standard InChI is InChI=1S/C9H24N2O3Si/c1-8(11)9(7-10)5-6-15(12-2,13-3)14-4/h8-9H,5-7,10-11H2,1-4H3. The minimum absolute atomic E-state index is 0.0901. The van der Waals surface area contributed by atoms with Crippen LogP contribution in [0.1, 0.15) is 13.3 Å². The minimum atomic E-state index is -2.45. The zero-order valence-electron chi connectivity index (χ0n) is 10.2. The molecule has 6 heteroatoms. The second-order valence-corrected chi connectivity index (χ2v) is 6.78. The summed E-state index contributed by atoms with van der Waals surface area (Å²) in [5, 5.41) is 0. The Labute approximate surface area is 93.4 Å². The van der Waals surface area contributed by atoms with E-state index in [0.29, 0.717) is 6.54 Å². The first-order chi connectivity index (χ1) is 7.05. The van der Waals surface area contributed by atoms with E-state index >= 15 is 0 Å². The highest BCUT2D eigenvalue weighted by atomic mass is 28.4. The molecule has 5 nitrogen and oxygen atoms in total. The van der Waals surface area contributed by atoms with Gasteiger partial charge in [-0.15, -0.1) is 0 Å². The molecule has 0 saturated heterocycles. The predicted octanol–water partition coefficient (Wildman–Crippen LogP) is 0.177. The molecular formula is C9H24N2O3Si. The molecule has 0 aromatic heterocycles. The van der Waals surface area contributed by atoms with Crippen LogP contribution in [-0.2, 0) is 13.3 Å². The van der Waals surface area contributed by atoms with E-state index in [1.807, 2.05) is 6.92 Å². The molecule has 92 valence electrons. The van der Waals surface area contributed by atoms with Crippen LogP contribution in [0.25, 0.3) is 0 Å². The summed E-state index contributed by atoms with van der Waals surface area (Å²) >= 11 is 0. The van der Waals surface area contributed by atoms with Gasteiger partial charge in [0.15, 0.2) is 0 Å². The van der Waals surface area contributed by atoms with Gasteiger partial charge in [0.2, 0.25) is 0 Å². The van der Waals surface area contributed by atoms with Crippen molar-refractivity contribution in [3.8, 4) is 0 Å². The first kappa shape index (κ1) is 15.0. The van der Waals surface area contributed by atoms with Gasteiger partial charge in [0.1, 0.15) is 0 Å². The van der Waals surface area contributed by atoms with Gasteiger partial charge in [0.25, 0.3) is 0 Å². The Bertz CT molecular complexity index is 157. The molecule has 0 saturated carbocycles. The van der Waals surface area contributed by atoms with Crippen molar-refractivity contribution in [1.82, 2.24) is 0 Å². The first-order valence-electron chi connectivity index (χ1n) is 5.16. The lowest BCUT2D eigenvalue weighted by Gasteiger charge is -2.27. The average molecular weight is 236 g/mol. The summed E-state index contributed by atoms with van der Waals surface area (Å²) in [4.78, 5) is 0. The predicted molar refractivity (Wildman–Crippen MR) is 62.4 cm³/mol. The molecule has 0 amide bonds. The third-order valence-corrected chi connectivity index (χ3v) is 5.57. The van der Waals surface area contributed by atoms with E-state index in [1.54, 1.807) is 21.3 Å². The van der Waals surface area contributed by atoms with Crippen LogP contribution in [0.3, 0.4) is 0 Å². The second-order valence-electron chi connectivity index (χ2n) is 3.69. The molecule has 0 aromatic carbocycles. The normalized spacial score (nSPS) is 16.4. The second kappa shape index (κ2) is 7.32. The lowest BCUT2D eigenvalue weighted by molar-refractivity contribution is 0.121. The Hall–Kier alpha value is 0.0169. The Morgan fingerprint density at radius 1 is 1.13 bits per heavy atom. The van der Waals surface area contributed by atoms with Gasteiger partial charge < -0.3 is 24.7 Å². The fourth-order valence-corrected chi connectivity index (χ4v) is 3.35. The summed E-state index contributed by atoms with van der Waals surface area (Å²) < 4.78 is 16.0. The maximum absolute atomic E-state index is 5.81. The SMILES string of the molecule is CO[Si](CCC(CN)C(C)N)(OC)OC. The molecule has 0 rings (SSSR count). The van der Waals surface area contributed by atoms with E-state index in [4.69, 9.17) is 24.7 Å². The van der Waals surface area contributed by atoms with Gasteiger partial charge in [-0.1, -0.05) is 0 Å². The Morgan fingerprint density at radius 2 is 1.60 bits per heavy atom. The lowest BCUT2D eigenvalue weighted by Crippen LogP contribution is -2.44. The van der Waals surface area contributed by atoms with Gasteiger partial charge in [-0.05, 0) is 25.8 Å². The third kappa shape index (κ3) is 4.58. The van der Waals surface area contributed by atoms with E-state index in [2.05, 4.69) is 0 Å². The largest absolute Gasteiger partial charge is 0.500 e. The van der Waals surface area contributed by atoms with Crippen LogP contribution >= 0.6 is 0 Å². The molecule has 0 spiro atoms. The highest BCUT2D eigenvalue weighted by molar-refractivity contribution is 6.60. The van der Waals surface area contributed by atoms with Gasteiger partial charge in [-0.25, -0.2) is 0 Å². The number of hydrogen-bond donors (Lipinski definition) is 2. The Morgan fingerprint density at radius 3 is 1.87 bits per heavy atom. The Kier molecular flexibility index (Phi) is 7.32. The van der Waals surface area contributed by atoms with Crippen LogP contribution in [-0.4, -0.2) is 42.7 Å². The molecule has 0 heterocycles. The van der Waals surface area contributed by atoms with Gasteiger partial charge in [-0.3, -0.25) is 0 Å². The van der Waals surface area contributed by atoms with E-state index in [1.165, 1.54) is 0 Å². The van der Waals surface area contributed by atoms with Crippen molar-refractivity contribution in [3.63, 3.8) is 0 Å². The van der Waals surface area contributed by atoms with Crippen LogP contribution in [0.4, 0.5) is 0 Å². The molecular weight excluding hydrogens is 212 g/mol. The lowest BCUT2D eigenvalue weighted by atomic mass is 10.00. The fourth-order valence-electron chi connectivity index (χ4n) is 1.51. The molecule has 2 atom stereocenters. The first-order valence-corrected chi connectivity index (χ1v) is 7.09. The molecule has 0 aromatic rings. The zero-order chi connectivity index (χ0) is 11.9. The van der Waals surface area contributed by atoms with Crippen LogP contribution in [0.15, 0.2) is 0 Å². The molecule has 0 aliphatic heterocycles. The fraction of sp³-hybridized carbons (Fsp3) is 1.00. The van der Waals surface area contributed by atoms with Crippen molar-refractivity contribution < 1.29 is 13.3 Å². The topological polar surface area (TPSA) is 79.7 Å². The number of rotatable bonds is 8. The summed E-state index contributed by atoms with van der Waals surface area (Å²) in [5.74, 6) is 0.289. The molecule has 0 aliphatic rings. The van der Waals surface area contributed by atoms with E-state index in [-0.39, 0.29) is 12.0 Å². The van der Waals surface area contributed by atoms with Crippen LogP contribution in [0, 0.1) is 5.92 Å². The van der Waals surface area contributed by atoms with Crippen molar-refractivity contribution in [2.45, 2.75) is 25.4 Å². The zero-order valence-corrected chi connectivity index (χ0v) is 11.2. The Balaban J connectivity index is 4.19. The van der Waals surface area contributed by atoms with Crippen molar-refractivity contribution >= 4 is 8.80 Å². The number of nitrogens with two attached hydrogens (primary N) is 2. The van der Waals surface area contributed by atoms with Gasteiger partial charge in [0, 0.05) is 33.4 Å². The van der Waals surface area contributed by atoms with Crippen molar-refractivity contribution in [2.24, 2.45) is 17.4 Å². The smallest absolute Gasteiger partial charge is 0.377 e. The molecule has 0 bridgehead atoms. The molecule has 4 N–H and O–H groups in total. The maximum atomic E-state index is 5.81. The van der Waals surface area contributed by atoms with E-state index in [9.17, 15) is 0 Å². The summed E-state index contributed by atoms with van der Waals surface area (Å²) in [6.45, 7) is 2.55. The summed E-state index contributed by atoms with van der Waals surface area (Å²) in [6, 6.07) is 0.840. The average Bonchev–Trinajstić information content (AvgIpc) is 2.25. The monoisotopic (exact) mass is 236 g/mol. The molecule has 0 aliphatic carbocycles.